The Bertz CT molecular complexity index is 231. The van der Waals surface area contributed by atoms with Gasteiger partial charge < -0.3 is 10.1 Å². The number of ether oxygens (including phenoxy) is 1. The Kier molecular flexibility index (Phi) is 6.52. The zero-order chi connectivity index (χ0) is 12.7. The van der Waals surface area contributed by atoms with Crippen molar-refractivity contribution in [3.05, 3.63) is 0 Å². The predicted molar refractivity (Wildman–Crippen MR) is 68.9 cm³/mol. The Morgan fingerprint density at radius 1 is 1.53 bits per heavy atom. The van der Waals surface area contributed by atoms with Gasteiger partial charge in [0.1, 0.15) is 0 Å². The number of likely N-dealkylation sites (tertiary alicyclic amines) is 1. The minimum Gasteiger partial charge on any atom is -0.466 e. The molecule has 1 heterocycles. The Balaban J connectivity index is 2.43. The second-order valence-corrected chi connectivity index (χ2v) is 4.86. The summed E-state index contributed by atoms with van der Waals surface area (Å²) in [6.07, 6.45) is 3.78. The van der Waals surface area contributed by atoms with Crippen LogP contribution in [0.25, 0.3) is 0 Å². The van der Waals surface area contributed by atoms with Crippen molar-refractivity contribution in [1.29, 1.82) is 0 Å². The van der Waals surface area contributed by atoms with E-state index in [0.29, 0.717) is 12.6 Å². The molecule has 1 N–H and O–H groups in total. The van der Waals surface area contributed by atoms with E-state index in [1.54, 1.807) is 0 Å². The van der Waals surface area contributed by atoms with E-state index in [9.17, 15) is 4.79 Å². The van der Waals surface area contributed by atoms with Gasteiger partial charge in [-0.2, -0.15) is 0 Å². The van der Waals surface area contributed by atoms with E-state index in [2.05, 4.69) is 10.2 Å². The summed E-state index contributed by atoms with van der Waals surface area (Å²) in [5.74, 6) is -0.0892. The van der Waals surface area contributed by atoms with E-state index in [1.165, 1.54) is 19.3 Å². The molecule has 1 fully saturated rings. The van der Waals surface area contributed by atoms with Crippen molar-refractivity contribution in [3.63, 3.8) is 0 Å². The molecule has 1 rings (SSSR count). The van der Waals surface area contributed by atoms with Crippen LogP contribution >= 0.6 is 0 Å². The quantitative estimate of drug-likeness (QED) is 0.712. The summed E-state index contributed by atoms with van der Waals surface area (Å²) >= 11 is 0. The molecule has 2 atom stereocenters. The van der Waals surface area contributed by atoms with E-state index in [4.69, 9.17) is 4.74 Å². The number of carbonyl (C=O) groups excluding carboxylic acids is 1. The van der Waals surface area contributed by atoms with Gasteiger partial charge in [0.15, 0.2) is 0 Å². The highest BCUT2D eigenvalue weighted by Crippen LogP contribution is 2.18. The largest absolute Gasteiger partial charge is 0.466 e. The van der Waals surface area contributed by atoms with Gasteiger partial charge in [-0.1, -0.05) is 13.3 Å². The maximum absolute atomic E-state index is 11.6. The van der Waals surface area contributed by atoms with Crippen LogP contribution in [0.2, 0.25) is 0 Å². The van der Waals surface area contributed by atoms with Gasteiger partial charge in [0.25, 0.3) is 0 Å². The number of piperidine rings is 1. The first-order chi connectivity index (χ1) is 8.19. The van der Waals surface area contributed by atoms with Crippen LogP contribution in [0.4, 0.5) is 0 Å². The summed E-state index contributed by atoms with van der Waals surface area (Å²) in [7, 11) is 1.99. The summed E-state index contributed by atoms with van der Waals surface area (Å²) in [5, 5.41) is 3.24. The van der Waals surface area contributed by atoms with Crippen LogP contribution in [-0.2, 0) is 9.53 Å². The summed E-state index contributed by atoms with van der Waals surface area (Å²) in [5.41, 5.74) is 0. The summed E-state index contributed by atoms with van der Waals surface area (Å²) in [6.45, 7) is 7.23. The van der Waals surface area contributed by atoms with Gasteiger partial charge in [0.05, 0.1) is 12.5 Å². The van der Waals surface area contributed by atoms with Crippen LogP contribution in [0.1, 0.15) is 33.1 Å². The molecule has 0 aliphatic carbocycles. The number of carbonyl (C=O) groups is 1. The molecule has 1 aliphatic rings. The van der Waals surface area contributed by atoms with E-state index in [0.717, 1.165) is 19.6 Å². The van der Waals surface area contributed by atoms with Gasteiger partial charge in [0.2, 0.25) is 0 Å². The summed E-state index contributed by atoms with van der Waals surface area (Å²) < 4.78 is 5.06. The number of likely N-dealkylation sites (N-methyl/N-ethyl adjacent to an activating group) is 1. The lowest BCUT2D eigenvalue weighted by Crippen LogP contribution is -2.47. The zero-order valence-electron chi connectivity index (χ0n) is 11.4. The van der Waals surface area contributed by atoms with Crippen LogP contribution in [0.3, 0.4) is 0 Å². The summed E-state index contributed by atoms with van der Waals surface area (Å²) in [4.78, 5) is 14.0. The lowest BCUT2D eigenvalue weighted by Gasteiger charge is -2.36. The number of hydrogen-bond donors (Lipinski definition) is 1. The maximum atomic E-state index is 11.6. The zero-order valence-corrected chi connectivity index (χ0v) is 11.4. The first-order valence-electron chi connectivity index (χ1n) is 6.74. The monoisotopic (exact) mass is 242 g/mol. The number of nitrogens with zero attached hydrogens (tertiary/aromatic N) is 1. The van der Waals surface area contributed by atoms with Gasteiger partial charge >= 0.3 is 5.97 Å². The van der Waals surface area contributed by atoms with Gasteiger partial charge in [-0.3, -0.25) is 9.69 Å². The molecule has 17 heavy (non-hydrogen) atoms. The average Bonchev–Trinajstić information content (AvgIpc) is 2.32. The molecule has 0 aromatic carbocycles. The highest BCUT2D eigenvalue weighted by molar-refractivity contribution is 5.72. The Hall–Kier alpha value is -0.610. The average molecular weight is 242 g/mol. The van der Waals surface area contributed by atoms with Crippen LogP contribution in [-0.4, -0.2) is 50.2 Å². The lowest BCUT2D eigenvalue weighted by atomic mass is 10.00. The Morgan fingerprint density at radius 3 is 2.94 bits per heavy atom. The van der Waals surface area contributed by atoms with Crippen molar-refractivity contribution < 1.29 is 9.53 Å². The Labute approximate surface area is 105 Å². The molecule has 0 radical (unpaired) electrons. The standard InChI is InChI=1S/C13H26N2O2/c1-4-17-13(16)11(2)10-15-8-6-5-7-12(15)9-14-3/h11-12,14H,4-10H2,1-3H3. The molecule has 0 aromatic heterocycles. The van der Waals surface area contributed by atoms with Crippen molar-refractivity contribution in [2.75, 3.05) is 33.3 Å². The fourth-order valence-electron chi connectivity index (χ4n) is 2.48. The van der Waals surface area contributed by atoms with Crippen molar-refractivity contribution in [2.45, 2.75) is 39.2 Å². The first kappa shape index (κ1) is 14.5. The van der Waals surface area contributed by atoms with Gasteiger partial charge in [0, 0.05) is 19.1 Å². The molecule has 0 spiro atoms. The number of hydrogen-bond acceptors (Lipinski definition) is 4. The molecule has 100 valence electrons. The van der Waals surface area contributed by atoms with E-state index < -0.39 is 0 Å². The van der Waals surface area contributed by atoms with Crippen LogP contribution in [0, 0.1) is 5.92 Å². The molecule has 2 unspecified atom stereocenters. The van der Waals surface area contributed by atoms with Crippen molar-refractivity contribution in [2.24, 2.45) is 5.92 Å². The van der Waals surface area contributed by atoms with E-state index in [-0.39, 0.29) is 11.9 Å². The molecule has 1 saturated heterocycles. The molecule has 4 nitrogen and oxygen atoms in total. The third kappa shape index (κ3) is 4.64. The SMILES string of the molecule is CCOC(=O)C(C)CN1CCCCC1CNC. The molecule has 0 saturated carbocycles. The van der Waals surface area contributed by atoms with Gasteiger partial charge in [-0.25, -0.2) is 0 Å². The first-order valence-corrected chi connectivity index (χ1v) is 6.74. The molecular weight excluding hydrogens is 216 g/mol. The predicted octanol–water partition coefficient (Wildman–Crippen LogP) is 1.26. The van der Waals surface area contributed by atoms with Crippen molar-refractivity contribution in [3.8, 4) is 0 Å². The van der Waals surface area contributed by atoms with Crippen molar-refractivity contribution in [1.82, 2.24) is 10.2 Å². The minimum atomic E-state index is -0.0683. The lowest BCUT2D eigenvalue weighted by molar-refractivity contribution is -0.148. The highest BCUT2D eigenvalue weighted by Gasteiger charge is 2.25. The molecule has 0 bridgehead atoms. The molecule has 1 aliphatic heterocycles. The third-order valence-corrected chi connectivity index (χ3v) is 3.39. The normalized spacial score (nSPS) is 23.4. The second-order valence-electron chi connectivity index (χ2n) is 4.86. The van der Waals surface area contributed by atoms with Gasteiger partial charge in [-0.05, 0) is 33.4 Å². The molecular formula is C13H26N2O2. The minimum absolute atomic E-state index is 0.0209. The van der Waals surface area contributed by atoms with Crippen LogP contribution in [0.5, 0.6) is 0 Å². The van der Waals surface area contributed by atoms with E-state index in [1.807, 2.05) is 20.9 Å². The Morgan fingerprint density at radius 2 is 2.29 bits per heavy atom. The molecule has 0 amide bonds. The van der Waals surface area contributed by atoms with E-state index >= 15 is 0 Å². The van der Waals surface area contributed by atoms with Crippen LogP contribution in [0.15, 0.2) is 0 Å². The van der Waals surface area contributed by atoms with Crippen molar-refractivity contribution >= 4 is 5.97 Å². The third-order valence-electron chi connectivity index (χ3n) is 3.39. The fourth-order valence-corrected chi connectivity index (χ4v) is 2.48. The van der Waals surface area contributed by atoms with Gasteiger partial charge in [-0.15, -0.1) is 0 Å². The second kappa shape index (κ2) is 7.67. The highest BCUT2D eigenvalue weighted by atomic mass is 16.5. The number of rotatable bonds is 6. The summed E-state index contributed by atoms with van der Waals surface area (Å²) in [6, 6.07) is 0.575. The topological polar surface area (TPSA) is 41.6 Å². The molecule has 0 aromatic rings. The maximum Gasteiger partial charge on any atom is 0.309 e. The van der Waals surface area contributed by atoms with Crippen LogP contribution < -0.4 is 5.32 Å². The number of esters is 1. The fraction of sp³-hybridized carbons (Fsp3) is 0.923. The number of nitrogens with one attached hydrogen (secondary N) is 1. The smallest absolute Gasteiger partial charge is 0.309 e. The molecule has 4 heteroatoms.